The topological polar surface area (TPSA) is 83.6 Å². The molecule has 1 aromatic carbocycles. The number of rotatable bonds is 7. The van der Waals surface area contributed by atoms with Crippen LogP contribution in [0.15, 0.2) is 42.7 Å². The minimum Gasteiger partial charge on any atom is -0.456 e. The smallest absolute Gasteiger partial charge is 0.340 e. The van der Waals surface area contributed by atoms with Crippen LogP contribution in [0.4, 0.5) is 11.4 Å². The Morgan fingerprint density at radius 2 is 1.81 bits per heavy atom. The van der Waals surface area contributed by atoms with Gasteiger partial charge in [0.1, 0.15) is 5.60 Å². The zero-order valence-electron chi connectivity index (χ0n) is 18.9. The van der Waals surface area contributed by atoms with Gasteiger partial charge in [-0.1, -0.05) is 17.7 Å². The molecule has 7 nitrogen and oxygen atoms in total. The highest BCUT2D eigenvalue weighted by Crippen LogP contribution is 2.28. The zero-order chi connectivity index (χ0) is 23.1. The number of likely N-dealkylation sites (tertiary alicyclic amines) is 1. The van der Waals surface area contributed by atoms with Crippen LogP contribution in [0.3, 0.4) is 0 Å². The van der Waals surface area contributed by atoms with Gasteiger partial charge in [0.25, 0.3) is 0 Å². The number of piperidine rings is 1. The van der Waals surface area contributed by atoms with E-state index in [-0.39, 0.29) is 23.0 Å². The number of ether oxygens (including phenoxy) is 1. The Labute approximate surface area is 194 Å². The van der Waals surface area contributed by atoms with Crippen LogP contribution < -0.4 is 10.6 Å². The first-order chi connectivity index (χ1) is 15.2. The molecule has 0 unspecified atom stereocenters. The van der Waals surface area contributed by atoms with Gasteiger partial charge in [-0.15, -0.1) is 0 Å². The Morgan fingerprint density at radius 1 is 1.12 bits per heavy atom. The molecule has 0 atom stereocenters. The van der Waals surface area contributed by atoms with Crippen LogP contribution in [0.1, 0.15) is 44.0 Å². The number of anilines is 2. The van der Waals surface area contributed by atoms with E-state index >= 15 is 0 Å². The van der Waals surface area contributed by atoms with E-state index in [1.165, 1.54) is 0 Å². The lowest BCUT2D eigenvalue weighted by molar-refractivity contribution is -0.130. The molecule has 0 bridgehead atoms. The second kappa shape index (κ2) is 10.7. The Kier molecular flexibility index (Phi) is 7.96. The molecule has 3 rings (SSSR count). The van der Waals surface area contributed by atoms with Gasteiger partial charge < -0.3 is 20.3 Å². The summed E-state index contributed by atoms with van der Waals surface area (Å²) in [5.41, 5.74) is 1.27. The lowest BCUT2D eigenvalue weighted by Crippen LogP contribution is -2.42. The molecular formula is C24H31ClN4O3. The number of hydrogen-bond acceptors (Lipinski definition) is 6. The summed E-state index contributed by atoms with van der Waals surface area (Å²) in [5.74, 6) is 0.0596. The number of hydrogen-bond donors (Lipinski definition) is 2. The summed E-state index contributed by atoms with van der Waals surface area (Å²) in [7, 11) is 0. The number of nitrogens with zero attached hydrogens (tertiary/aromatic N) is 2. The molecule has 1 aromatic heterocycles. The maximum Gasteiger partial charge on any atom is 0.340 e. The Hall–Kier alpha value is -2.80. The highest BCUT2D eigenvalue weighted by molar-refractivity contribution is 6.36. The van der Waals surface area contributed by atoms with Gasteiger partial charge in [0.05, 0.1) is 22.8 Å². The molecule has 0 spiro atoms. The number of esters is 1. The molecule has 172 valence electrons. The average Bonchev–Trinajstić information content (AvgIpc) is 2.76. The summed E-state index contributed by atoms with van der Waals surface area (Å²) in [6.45, 7) is 7.88. The monoisotopic (exact) mass is 458 g/mol. The van der Waals surface area contributed by atoms with E-state index in [4.69, 9.17) is 16.3 Å². The van der Waals surface area contributed by atoms with E-state index < -0.39 is 11.6 Å². The van der Waals surface area contributed by atoms with Crippen molar-refractivity contribution in [1.29, 1.82) is 0 Å². The summed E-state index contributed by atoms with van der Waals surface area (Å²) < 4.78 is 5.40. The number of benzene rings is 1. The Morgan fingerprint density at radius 3 is 2.47 bits per heavy atom. The number of aromatic nitrogens is 1. The van der Waals surface area contributed by atoms with Crippen molar-refractivity contribution in [3.05, 3.63) is 53.3 Å². The molecule has 8 heteroatoms. The van der Waals surface area contributed by atoms with Gasteiger partial charge in [0.15, 0.2) is 0 Å². The molecule has 1 fully saturated rings. The van der Waals surface area contributed by atoms with Gasteiger partial charge in [-0.05, 0) is 63.8 Å². The van der Waals surface area contributed by atoms with Gasteiger partial charge in [-0.2, -0.15) is 0 Å². The van der Waals surface area contributed by atoms with Crippen LogP contribution in [0.2, 0.25) is 5.02 Å². The van der Waals surface area contributed by atoms with Crippen molar-refractivity contribution in [1.82, 2.24) is 9.88 Å². The first kappa shape index (κ1) is 23.9. The highest BCUT2D eigenvalue weighted by atomic mass is 35.5. The summed E-state index contributed by atoms with van der Waals surface area (Å²) in [6, 6.07) is 8.99. The van der Waals surface area contributed by atoms with E-state index in [1.807, 2.05) is 17.0 Å². The second-order valence-corrected chi connectivity index (χ2v) is 9.34. The van der Waals surface area contributed by atoms with Crippen LogP contribution >= 0.6 is 11.6 Å². The largest absolute Gasteiger partial charge is 0.456 e. The maximum atomic E-state index is 12.7. The molecule has 1 saturated heterocycles. The fourth-order valence-electron chi connectivity index (χ4n) is 3.56. The maximum absolute atomic E-state index is 12.7. The van der Waals surface area contributed by atoms with Crippen molar-refractivity contribution in [2.24, 2.45) is 5.92 Å². The lowest BCUT2D eigenvalue weighted by atomic mass is 9.96. The number of halogens is 1. The quantitative estimate of drug-likeness (QED) is 0.596. The third-order valence-corrected chi connectivity index (χ3v) is 5.70. The van der Waals surface area contributed by atoms with E-state index in [1.54, 1.807) is 51.4 Å². The van der Waals surface area contributed by atoms with Gasteiger partial charge in [-0.25, -0.2) is 4.79 Å². The number of pyridine rings is 1. The zero-order valence-corrected chi connectivity index (χ0v) is 19.6. The summed E-state index contributed by atoms with van der Waals surface area (Å²) in [5, 5.41) is 6.77. The van der Waals surface area contributed by atoms with E-state index in [9.17, 15) is 9.59 Å². The van der Waals surface area contributed by atoms with Gasteiger partial charge in [-0.3, -0.25) is 9.78 Å². The number of carbonyl (C=O) groups is 2. The fourth-order valence-corrected chi connectivity index (χ4v) is 3.83. The van der Waals surface area contributed by atoms with Crippen LogP contribution in [0.5, 0.6) is 0 Å². The van der Waals surface area contributed by atoms with Gasteiger partial charge in [0.2, 0.25) is 5.91 Å². The summed E-state index contributed by atoms with van der Waals surface area (Å²) >= 11 is 6.41. The van der Waals surface area contributed by atoms with Crippen LogP contribution in [-0.4, -0.2) is 53.5 Å². The van der Waals surface area contributed by atoms with Crippen molar-refractivity contribution in [2.75, 3.05) is 36.8 Å². The third kappa shape index (κ3) is 6.85. The van der Waals surface area contributed by atoms with Crippen molar-refractivity contribution < 1.29 is 14.3 Å². The lowest BCUT2D eigenvalue weighted by Gasteiger charge is -2.32. The molecule has 0 saturated carbocycles. The average molecular weight is 459 g/mol. The molecule has 0 radical (unpaired) electrons. The van der Waals surface area contributed by atoms with Gasteiger partial charge >= 0.3 is 5.97 Å². The van der Waals surface area contributed by atoms with Crippen LogP contribution in [0.25, 0.3) is 0 Å². The predicted molar refractivity (Wildman–Crippen MR) is 127 cm³/mol. The number of nitrogens with one attached hydrogen (secondary N) is 2. The SMILES string of the molecule is CC(C)(C)OC(=O)c1cccc(NCC(=O)N2CCC(CNc3ccncc3)CC2)c1Cl. The van der Waals surface area contributed by atoms with Crippen molar-refractivity contribution in [3.63, 3.8) is 0 Å². The third-order valence-electron chi connectivity index (χ3n) is 5.29. The molecule has 2 heterocycles. The molecule has 1 amide bonds. The first-order valence-electron chi connectivity index (χ1n) is 10.9. The molecule has 32 heavy (non-hydrogen) atoms. The Bertz CT molecular complexity index is 923. The van der Waals surface area contributed by atoms with E-state index in [2.05, 4.69) is 15.6 Å². The standard InChI is InChI=1S/C24H31ClN4O3/c1-24(2,3)32-23(31)19-5-4-6-20(22(19)25)28-16-21(30)29-13-9-17(10-14-29)15-27-18-7-11-26-12-8-18/h4-8,11-12,17,28H,9-10,13-16H2,1-3H3,(H,26,27). The molecule has 2 N–H and O–H groups in total. The van der Waals surface area contributed by atoms with Crippen LogP contribution in [0, 0.1) is 5.92 Å². The molecule has 2 aromatic rings. The van der Waals surface area contributed by atoms with Crippen molar-refractivity contribution in [2.45, 2.75) is 39.2 Å². The van der Waals surface area contributed by atoms with E-state index in [0.29, 0.717) is 11.6 Å². The first-order valence-corrected chi connectivity index (χ1v) is 11.3. The minimum absolute atomic E-state index is 0.0179. The predicted octanol–water partition coefficient (Wildman–Crippen LogP) is 4.45. The summed E-state index contributed by atoms with van der Waals surface area (Å²) in [6.07, 6.45) is 5.45. The highest BCUT2D eigenvalue weighted by Gasteiger charge is 2.24. The molecular weight excluding hydrogens is 428 g/mol. The molecule has 0 aliphatic carbocycles. The second-order valence-electron chi connectivity index (χ2n) is 8.96. The van der Waals surface area contributed by atoms with Crippen LogP contribution in [-0.2, 0) is 9.53 Å². The normalized spacial score (nSPS) is 14.7. The summed E-state index contributed by atoms with van der Waals surface area (Å²) in [4.78, 5) is 31.0. The van der Waals surface area contributed by atoms with Gasteiger partial charge in [0, 0.05) is 37.7 Å². The molecule has 1 aliphatic heterocycles. The Balaban J connectivity index is 1.47. The number of amides is 1. The van der Waals surface area contributed by atoms with E-state index in [0.717, 1.165) is 38.2 Å². The number of carbonyl (C=O) groups excluding carboxylic acids is 2. The minimum atomic E-state index is -0.611. The van der Waals surface area contributed by atoms with Crippen molar-refractivity contribution in [3.8, 4) is 0 Å². The molecule has 1 aliphatic rings. The van der Waals surface area contributed by atoms with Crippen molar-refractivity contribution >= 4 is 34.9 Å². The fraction of sp³-hybridized carbons (Fsp3) is 0.458.